The van der Waals surface area contributed by atoms with Crippen LogP contribution in [0, 0.1) is 0 Å². The van der Waals surface area contributed by atoms with Gasteiger partial charge < -0.3 is 14.4 Å². The molecule has 1 aliphatic rings. The van der Waals surface area contributed by atoms with Crippen LogP contribution < -0.4 is 4.74 Å². The Morgan fingerprint density at radius 2 is 1.95 bits per heavy atom. The average molecular weight is 277 g/mol. The molecule has 0 bridgehead atoms. The zero-order valence-corrected chi connectivity index (χ0v) is 11.6. The highest BCUT2D eigenvalue weighted by Crippen LogP contribution is 2.20. The molecule has 0 saturated carbocycles. The highest BCUT2D eigenvalue weighted by molar-refractivity contribution is 5.80. The Balaban J connectivity index is 2.04. The molecule has 5 nitrogen and oxygen atoms in total. The van der Waals surface area contributed by atoms with Crippen molar-refractivity contribution in [3.63, 3.8) is 0 Å². The van der Waals surface area contributed by atoms with Gasteiger partial charge in [0.05, 0.1) is 19.6 Å². The summed E-state index contributed by atoms with van der Waals surface area (Å²) in [5, 5.41) is 0. The molecule has 0 unspecified atom stereocenters. The van der Waals surface area contributed by atoms with Gasteiger partial charge in [0, 0.05) is 25.1 Å². The van der Waals surface area contributed by atoms with Crippen molar-refractivity contribution in [1.29, 1.82) is 0 Å². The number of benzene rings is 1. The van der Waals surface area contributed by atoms with Crippen LogP contribution >= 0.6 is 0 Å². The summed E-state index contributed by atoms with van der Waals surface area (Å²) in [6, 6.07) is 7.16. The fraction of sp³-hybridized carbons (Fsp3) is 0.467. The SMILES string of the molecule is CCC(=O)Oc1ccccc1CC(=O)N1CCOCC1. The first-order valence-electron chi connectivity index (χ1n) is 6.85. The molecule has 0 radical (unpaired) electrons. The topological polar surface area (TPSA) is 55.8 Å². The van der Waals surface area contributed by atoms with Crippen LogP contribution in [-0.4, -0.2) is 43.1 Å². The number of carbonyl (C=O) groups is 2. The standard InChI is InChI=1S/C15H19NO4/c1-2-15(18)20-13-6-4-3-5-12(13)11-14(17)16-7-9-19-10-8-16/h3-6H,2,7-11H2,1H3. The lowest BCUT2D eigenvalue weighted by Crippen LogP contribution is -2.41. The van der Waals surface area contributed by atoms with Crippen molar-refractivity contribution in [2.24, 2.45) is 0 Å². The predicted octanol–water partition coefficient (Wildman–Crippen LogP) is 1.40. The number of rotatable bonds is 4. The van der Waals surface area contributed by atoms with Crippen molar-refractivity contribution in [3.05, 3.63) is 29.8 Å². The van der Waals surface area contributed by atoms with Gasteiger partial charge in [0.2, 0.25) is 5.91 Å². The first-order chi connectivity index (χ1) is 9.70. The Bertz CT molecular complexity index is 481. The van der Waals surface area contributed by atoms with Gasteiger partial charge >= 0.3 is 5.97 Å². The van der Waals surface area contributed by atoms with Gasteiger partial charge in [-0.3, -0.25) is 9.59 Å². The van der Waals surface area contributed by atoms with Gasteiger partial charge in [0.25, 0.3) is 0 Å². The van der Waals surface area contributed by atoms with Crippen LogP contribution in [-0.2, 0) is 20.7 Å². The van der Waals surface area contributed by atoms with E-state index in [1.54, 1.807) is 24.0 Å². The van der Waals surface area contributed by atoms with Gasteiger partial charge in [-0.15, -0.1) is 0 Å². The van der Waals surface area contributed by atoms with Crippen molar-refractivity contribution in [2.45, 2.75) is 19.8 Å². The summed E-state index contributed by atoms with van der Waals surface area (Å²) in [5.41, 5.74) is 0.741. The van der Waals surface area contributed by atoms with Crippen molar-refractivity contribution in [3.8, 4) is 5.75 Å². The number of hydrogen-bond donors (Lipinski definition) is 0. The fourth-order valence-electron chi connectivity index (χ4n) is 2.03. The largest absolute Gasteiger partial charge is 0.426 e. The van der Waals surface area contributed by atoms with Gasteiger partial charge in [-0.2, -0.15) is 0 Å². The van der Waals surface area contributed by atoms with E-state index in [4.69, 9.17) is 9.47 Å². The molecule has 5 heteroatoms. The maximum absolute atomic E-state index is 12.2. The van der Waals surface area contributed by atoms with Crippen molar-refractivity contribution >= 4 is 11.9 Å². The molecule has 0 aromatic heterocycles. The van der Waals surface area contributed by atoms with Crippen LogP contribution in [0.4, 0.5) is 0 Å². The summed E-state index contributed by atoms with van der Waals surface area (Å²) in [4.78, 5) is 25.4. The second kappa shape index (κ2) is 7.05. The van der Waals surface area contributed by atoms with Crippen LogP contribution in [0.1, 0.15) is 18.9 Å². The van der Waals surface area contributed by atoms with E-state index in [2.05, 4.69) is 0 Å². The van der Waals surface area contributed by atoms with E-state index in [0.29, 0.717) is 38.5 Å². The van der Waals surface area contributed by atoms with Crippen LogP contribution in [0.2, 0.25) is 0 Å². The Hall–Kier alpha value is -1.88. The second-order valence-corrected chi connectivity index (χ2v) is 4.61. The minimum absolute atomic E-state index is 0.0355. The Labute approximate surface area is 118 Å². The molecular formula is C15H19NO4. The molecule has 1 amide bonds. The number of ether oxygens (including phenoxy) is 2. The molecule has 20 heavy (non-hydrogen) atoms. The second-order valence-electron chi connectivity index (χ2n) is 4.61. The summed E-state index contributed by atoms with van der Waals surface area (Å²) < 4.78 is 10.5. The Morgan fingerprint density at radius 3 is 2.65 bits per heavy atom. The smallest absolute Gasteiger partial charge is 0.310 e. The van der Waals surface area contributed by atoms with Gasteiger partial charge in [-0.1, -0.05) is 25.1 Å². The van der Waals surface area contributed by atoms with Gasteiger partial charge in [0.15, 0.2) is 0 Å². The number of carbonyl (C=O) groups excluding carboxylic acids is 2. The number of morpholine rings is 1. The van der Waals surface area contributed by atoms with E-state index in [0.717, 1.165) is 5.56 Å². The molecule has 1 fully saturated rings. The van der Waals surface area contributed by atoms with Gasteiger partial charge in [0.1, 0.15) is 5.75 Å². The lowest BCUT2D eigenvalue weighted by Gasteiger charge is -2.27. The first-order valence-corrected chi connectivity index (χ1v) is 6.85. The Morgan fingerprint density at radius 1 is 1.25 bits per heavy atom. The zero-order chi connectivity index (χ0) is 14.4. The number of hydrogen-bond acceptors (Lipinski definition) is 4. The van der Waals surface area contributed by atoms with Gasteiger partial charge in [-0.05, 0) is 6.07 Å². The monoisotopic (exact) mass is 277 g/mol. The molecule has 108 valence electrons. The molecule has 0 N–H and O–H groups in total. The highest BCUT2D eigenvalue weighted by Gasteiger charge is 2.19. The molecule has 1 saturated heterocycles. The molecular weight excluding hydrogens is 258 g/mol. The molecule has 0 spiro atoms. The lowest BCUT2D eigenvalue weighted by molar-refractivity contribution is -0.136. The maximum atomic E-state index is 12.2. The van der Waals surface area contributed by atoms with Crippen molar-refractivity contribution in [2.75, 3.05) is 26.3 Å². The summed E-state index contributed by atoms with van der Waals surface area (Å²) in [5.74, 6) is 0.213. The fourth-order valence-corrected chi connectivity index (χ4v) is 2.03. The van der Waals surface area contributed by atoms with Crippen LogP contribution in [0.5, 0.6) is 5.75 Å². The lowest BCUT2D eigenvalue weighted by atomic mass is 10.1. The zero-order valence-electron chi connectivity index (χ0n) is 11.6. The van der Waals surface area contributed by atoms with E-state index in [1.165, 1.54) is 0 Å². The Kier molecular flexibility index (Phi) is 5.12. The number of amides is 1. The van der Waals surface area contributed by atoms with Crippen molar-refractivity contribution < 1.29 is 19.1 Å². The minimum atomic E-state index is -0.295. The van der Waals surface area contributed by atoms with Crippen LogP contribution in [0.25, 0.3) is 0 Å². The molecule has 1 aromatic carbocycles. The minimum Gasteiger partial charge on any atom is -0.426 e. The quantitative estimate of drug-likeness (QED) is 0.616. The molecule has 2 rings (SSSR count). The van der Waals surface area contributed by atoms with E-state index in [1.807, 2.05) is 12.1 Å². The molecule has 0 atom stereocenters. The van der Waals surface area contributed by atoms with Crippen molar-refractivity contribution in [1.82, 2.24) is 4.90 Å². The highest BCUT2D eigenvalue weighted by atomic mass is 16.5. The van der Waals surface area contributed by atoms with Crippen LogP contribution in [0.15, 0.2) is 24.3 Å². The van der Waals surface area contributed by atoms with E-state index < -0.39 is 0 Å². The molecule has 1 aromatic rings. The number of para-hydroxylation sites is 1. The molecule has 1 heterocycles. The third-order valence-corrected chi connectivity index (χ3v) is 3.19. The summed E-state index contributed by atoms with van der Waals surface area (Å²) in [7, 11) is 0. The van der Waals surface area contributed by atoms with E-state index in [9.17, 15) is 9.59 Å². The normalized spacial score (nSPS) is 14.9. The van der Waals surface area contributed by atoms with E-state index in [-0.39, 0.29) is 18.3 Å². The summed E-state index contributed by atoms with van der Waals surface area (Å²) in [6.45, 7) is 4.14. The molecule has 0 aliphatic carbocycles. The van der Waals surface area contributed by atoms with Crippen LogP contribution in [0.3, 0.4) is 0 Å². The maximum Gasteiger partial charge on any atom is 0.310 e. The molecule has 1 aliphatic heterocycles. The van der Waals surface area contributed by atoms with E-state index >= 15 is 0 Å². The summed E-state index contributed by atoms with van der Waals surface area (Å²) in [6.07, 6.45) is 0.554. The third kappa shape index (κ3) is 3.81. The number of nitrogens with zero attached hydrogens (tertiary/aromatic N) is 1. The summed E-state index contributed by atoms with van der Waals surface area (Å²) >= 11 is 0. The van der Waals surface area contributed by atoms with Gasteiger partial charge in [-0.25, -0.2) is 0 Å². The first kappa shape index (κ1) is 14.5. The number of esters is 1. The average Bonchev–Trinajstić information content (AvgIpc) is 2.50. The third-order valence-electron chi connectivity index (χ3n) is 3.19. The predicted molar refractivity (Wildman–Crippen MR) is 73.5 cm³/mol.